The van der Waals surface area contributed by atoms with Crippen LogP contribution in [0.2, 0.25) is 0 Å². The highest BCUT2D eigenvalue weighted by molar-refractivity contribution is 5.85. The fourth-order valence-electron chi connectivity index (χ4n) is 4.28. The van der Waals surface area contributed by atoms with E-state index in [9.17, 15) is 4.79 Å². The zero-order valence-corrected chi connectivity index (χ0v) is 18.2. The van der Waals surface area contributed by atoms with E-state index in [0.717, 1.165) is 64.7 Å². The zero-order chi connectivity index (χ0) is 17.8. The van der Waals surface area contributed by atoms with Gasteiger partial charge in [0.05, 0.1) is 0 Å². The van der Waals surface area contributed by atoms with E-state index in [0.29, 0.717) is 11.8 Å². The van der Waals surface area contributed by atoms with Gasteiger partial charge in [-0.05, 0) is 59.2 Å². The Bertz CT molecular complexity index is 572. The van der Waals surface area contributed by atoms with Crippen LogP contribution in [-0.2, 0) is 11.3 Å². The van der Waals surface area contributed by atoms with Crippen molar-refractivity contribution in [1.82, 2.24) is 19.4 Å². The smallest absolute Gasteiger partial charge is 0.225 e. The van der Waals surface area contributed by atoms with Gasteiger partial charge in [-0.15, -0.1) is 24.8 Å². The number of aromatic nitrogens is 2. The average molecular weight is 420 g/mol. The second-order valence-electron chi connectivity index (χ2n) is 8.01. The van der Waals surface area contributed by atoms with E-state index in [1.807, 2.05) is 6.20 Å². The monoisotopic (exact) mass is 419 g/mol. The van der Waals surface area contributed by atoms with Crippen molar-refractivity contribution in [2.45, 2.75) is 57.0 Å². The molecule has 2 N–H and O–H groups in total. The van der Waals surface area contributed by atoms with Crippen molar-refractivity contribution in [3.8, 4) is 0 Å². The molecule has 8 heteroatoms. The Morgan fingerprint density at radius 1 is 1.22 bits per heavy atom. The second-order valence-corrected chi connectivity index (χ2v) is 8.01. The Morgan fingerprint density at radius 2 is 1.93 bits per heavy atom. The van der Waals surface area contributed by atoms with E-state index in [1.165, 1.54) is 5.82 Å². The number of carbonyl (C=O) groups is 1. The van der Waals surface area contributed by atoms with Crippen LogP contribution in [0.3, 0.4) is 0 Å². The van der Waals surface area contributed by atoms with Gasteiger partial charge in [-0.3, -0.25) is 4.79 Å². The molecule has 156 valence electrons. The van der Waals surface area contributed by atoms with Crippen LogP contribution in [0.4, 0.5) is 0 Å². The van der Waals surface area contributed by atoms with Crippen LogP contribution in [0, 0.1) is 5.92 Å². The first kappa shape index (κ1) is 24.2. The molecule has 6 nitrogen and oxygen atoms in total. The molecule has 0 spiro atoms. The van der Waals surface area contributed by atoms with Gasteiger partial charge < -0.3 is 20.1 Å². The largest absolute Gasteiger partial charge is 0.342 e. The number of imidazole rings is 1. The van der Waals surface area contributed by atoms with Gasteiger partial charge >= 0.3 is 0 Å². The maximum atomic E-state index is 12.7. The number of nitrogens with two attached hydrogens (primary N) is 1. The third-order valence-electron chi connectivity index (χ3n) is 5.75. The van der Waals surface area contributed by atoms with E-state index < -0.39 is 0 Å². The lowest BCUT2D eigenvalue weighted by Gasteiger charge is -2.33. The fraction of sp³-hybridized carbons (Fsp3) is 0.789. The third-order valence-corrected chi connectivity index (χ3v) is 5.75. The molecule has 2 aliphatic rings. The molecule has 1 saturated carbocycles. The number of halogens is 2. The predicted octanol–water partition coefficient (Wildman–Crippen LogP) is 2.51. The van der Waals surface area contributed by atoms with Crippen LogP contribution in [0.25, 0.3) is 0 Å². The first-order chi connectivity index (χ1) is 12.0. The standard InChI is InChI=1S/C19H33N5O.2ClH/c1-22(2)9-3-10-23-13-8-21-18(23)15-6-11-24(12-7-15)19(25)16-4-5-17(20)14-16;;/h8,13,15-17H,3-7,9-12,14,20H2,1-2H3;2*1H/t16-,17+;;/m0../s1. The van der Waals surface area contributed by atoms with E-state index >= 15 is 0 Å². The number of aryl methyl sites for hydroxylation is 1. The molecule has 0 radical (unpaired) electrons. The minimum absolute atomic E-state index is 0. The minimum Gasteiger partial charge on any atom is -0.342 e. The Morgan fingerprint density at radius 3 is 2.52 bits per heavy atom. The molecule has 2 heterocycles. The summed E-state index contributed by atoms with van der Waals surface area (Å²) in [7, 11) is 4.22. The highest BCUT2D eigenvalue weighted by Crippen LogP contribution is 2.31. The molecule has 2 atom stereocenters. The minimum atomic E-state index is 0. The molecule has 2 fully saturated rings. The van der Waals surface area contributed by atoms with E-state index in [2.05, 4.69) is 39.6 Å². The lowest BCUT2D eigenvalue weighted by Crippen LogP contribution is -2.41. The Kier molecular flexibility index (Phi) is 10.1. The van der Waals surface area contributed by atoms with Crippen molar-refractivity contribution in [1.29, 1.82) is 0 Å². The number of carbonyl (C=O) groups excluding carboxylic acids is 1. The van der Waals surface area contributed by atoms with Crippen LogP contribution >= 0.6 is 24.8 Å². The summed E-state index contributed by atoms with van der Waals surface area (Å²) in [6, 6.07) is 0.223. The van der Waals surface area contributed by atoms with Crippen LogP contribution < -0.4 is 5.73 Å². The van der Waals surface area contributed by atoms with Crippen LogP contribution in [0.15, 0.2) is 12.4 Å². The number of nitrogens with zero attached hydrogens (tertiary/aromatic N) is 4. The van der Waals surface area contributed by atoms with Crippen LogP contribution in [-0.4, -0.2) is 65.0 Å². The van der Waals surface area contributed by atoms with E-state index in [1.54, 1.807) is 0 Å². The SMILES string of the molecule is CN(C)CCCn1ccnc1C1CCN(C(=O)[C@H]2CC[C@@H](N)C2)CC1.Cl.Cl. The van der Waals surface area contributed by atoms with Crippen molar-refractivity contribution in [2.24, 2.45) is 11.7 Å². The Hall–Kier alpha value is -0.820. The summed E-state index contributed by atoms with van der Waals surface area (Å²) in [5, 5.41) is 0. The summed E-state index contributed by atoms with van der Waals surface area (Å²) in [6.07, 6.45) is 10.0. The molecule has 1 saturated heterocycles. The quantitative estimate of drug-likeness (QED) is 0.768. The number of piperidine rings is 1. The topological polar surface area (TPSA) is 67.4 Å². The summed E-state index contributed by atoms with van der Waals surface area (Å²) in [6.45, 7) is 3.83. The van der Waals surface area contributed by atoms with Crippen molar-refractivity contribution in [2.75, 3.05) is 33.7 Å². The summed E-state index contributed by atoms with van der Waals surface area (Å²) >= 11 is 0. The number of hydrogen-bond acceptors (Lipinski definition) is 4. The van der Waals surface area contributed by atoms with Gasteiger partial charge in [-0.25, -0.2) is 4.98 Å². The molecule has 1 amide bonds. The van der Waals surface area contributed by atoms with Gasteiger partial charge in [-0.1, -0.05) is 0 Å². The van der Waals surface area contributed by atoms with Crippen LogP contribution in [0.5, 0.6) is 0 Å². The van der Waals surface area contributed by atoms with Crippen molar-refractivity contribution in [3.63, 3.8) is 0 Å². The summed E-state index contributed by atoms with van der Waals surface area (Å²) in [5.41, 5.74) is 5.97. The highest BCUT2D eigenvalue weighted by Gasteiger charge is 2.33. The maximum Gasteiger partial charge on any atom is 0.225 e. The zero-order valence-electron chi connectivity index (χ0n) is 16.5. The molecule has 0 aromatic carbocycles. The average Bonchev–Trinajstić information content (AvgIpc) is 3.23. The lowest BCUT2D eigenvalue weighted by molar-refractivity contribution is -0.136. The van der Waals surface area contributed by atoms with Gasteiger partial charge in [0.2, 0.25) is 5.91 Å². The van der Waals surface area contributed by atoms with Crippen LogP contribution in [0.1, 0.15) is 50.3 Å². The second kappa shape index (κ2) is 11.2. The van der Waals surface area contributed by atoms with Gasteiger partial charge in [0.15, 0.2) is 0 Å². The van der Waals surface area contributed by atoms with Crippen molar-refractivity contribution >= 4 is 30.7 Å². The van der Waals surface area contributed by atoms with Crippen molar-refractivity contribution < 1.29 is 4.79 Å². The van der Waals surface area contributed by atoms with E-state index in [4.69, 9.17) is 5.73 Å². The summed E-state index contributed by atoms with van der Waals surface area (Å²) in [5.74, 6) is 2.18. The van der Waals surface area contributed by atoms with Crippen molar-refractivity contribution in [3.05, 3.63) is 18.2 Å². The number of amides is 1. The summed E-state index contributed by atoms with van der Waals surface area (Å²) in [4.78, 5) is 21.6. The molecule has 1 aliphatic heterocycles. The maximum absolute atomic E-state index is 12.7. The molecule has 0 unspecified atom stereocenters. The molecule has 1 aromatic heterocycles. The van der Waals surface area contributed by atoms with Gasteiger partial charge in [0, 0.05) is 49.9 Å². The summed E-state index contributed by atoms with van der Waals surface area (Å²) < 4.78 is 2.31. The predicted molar refractivity (Wildman–Crippen MR) is 114 cm³/mol. The van der Waals surface area contributed by atoms with Gasteiger partial charge in [0.1, 0.15) is 5.82 Å². The molecule has 0 bridgehead atoms. The molecular weight excluding hydrogens is 385 g/mol. The van der Waals surface area contributed by atoms with E-state index in [-0.39, 0.29) is 36.8 Å². The molecular formula is C19H35Cl2N5O. The van der Waals surface area contributed by atoms with Gasteiger partial charge in [-0.2, -0.15) is 0 Å². The Labute approximate surface area is 175 Å². The number of likely N-dealkylation sites (tertiary alicyclic amines) is 1. The normalized spacial score (nSPS) is 23.2. The first-order valence-corrected chi connectivity index (χ1v) is 9.74. The fourth-order valence-corrected chi connectivity index (χ4v) is 4.28. The number of rotatable bonds is 6. The molecule has 1 aromatic rings. The molecule has 3 rings (SSSR count). The molecule has 1 aliphatic carbocycles. The number of hydrogen-bond donors (Lipinski definition) is 1. The molecule has 27 heavy (non-hydrogen) atoms. The first-order valence-electron chi connectivity index (χ1n) is 9.74. The van der Waals surface area contributed by atoms with Gasteiger partial charge in [0.25, 0.3) is 0 Å². The Balaban J connectivity index is 0.00000182. The highest BCUT2D eigenvalue weighted by atomic mass is 35.5. The lowest BCUT2D eigenvalue weighted by atomic mass is 9.94. The third kappa shape index (κ3) is 6.34.